The quantitative estimate of drug-likeness (QED) is 0.277. The molecular formula is C35H43N. The molecule has 4 aromatic rings. The lowest BCUT2D eigenvalue weighted by atomic mass is 9.85. The van der Waals surface area contributed by atoms with E-state index >= 15 is 0 Å². The third-order valence-electron chi connectivity index (χ3n) is 7.37. The summed E-state index contributed by atoms with van der Waals surface area (Å²) in [6.45, 7) is 20.4. The van der Waals surface area contributed by atoms with Crippen LogP contribution in [0.3, 0.4) is 0 Å². The van der Waals surface area contributed by atoms with Gasteiger partial charge in [-0.15, -0.1) is 0 Å². The number of benzene rings is 3. The van der Waals surface area contributed by atoms with Crippen molar-refractivity contribution in [2.75, 3.05) is 0 Å². The van der Waals surface area contributed by atoms with Crippen LogP contribution in [0.5, 0.6) is 0 Å². The van der Waals surface area contributed by atoms with Crippen LogP contribution in [0.2, 0.25) is 0 Å². The number of hydrogen-bond donors (Lipinski definition) is 0. The fourth-order valence-corrected chi connectivity index (χ4v) is 4.87. The van der Waals surface area contributed by atoms with Gasteiger partial charge in [0, 0.05) is 18.3 Å². The van der Waals surface area contributed by atoms with E-state index in [0.717, 1.165) is 0 Å². The van der Waals surface area contributed by atoms with Gasteiger partial charge in [-0.2, -0.15) is 0 Å². The lowest BCUT2D eigenvalue weighted by Crippen LogP contribution is -2.10. The molecule has 0 atom stereocenters. The lowest BCUT2D eigenvalue weighted by molar-refractivity contribution is 0.590. The second-order valence-electron chi connectivity index (χ2n) is 13.3. The highest BCUT2D eigenvalue weighted by atomic mass is 15.0. The van der Waals surface area contributed by atoms with Gasteiger partial charge in [0.05, 0.1) is 5.69 Å². The Bertz CT molecular complexity index is 1330. The van der Waals surface area contributed by atoms with Crippen molar-refractivity contribution in [1.29, 1.82) is 0 Å². The molecule has 0 saturated carbocycles. The molecule has 0 aliphatic carbocycles. The van der Waals surface area contributed by atoms with Crippen LogP contribution in [0.4, 0.5) is 0 Å². The van der Waals surface area contributed by atoms with Crippen LogP contribution < -0.4 is 0 Å². The molecule has 0 N–H and O–H groups in total. The van der Waals surface area contributed by atoms with Gasteiger partial charge >= 0.3 is 0 Å². The van der Waals surface area contributed by atoms with Gasteiger partial charge < -0.3 is 4.57 Å². The van der Waals surface area contributed by atoms with E-state index in [1.807, 2.05) is 0 Å². The summed E-state index contributed by atoms with van der Waals surface area (Å²) in [6.07, 6.45) is 0. The second kappa shape index (κ2) is 9.11. The van der Waals surface area contributed by atoms with E-state index in [-0.39, 0.29) is 16.2 Å². The molecule has 0 spiro atoms. The number of nitrogens with zero attached hydrogens (tertiary/aromatic N) is 1. The van der Waals surface area contributed by atoms with E-state index in [0.29, 0.717) is 0 Å². The zero-order chi connectivity index (χ0) is 26.5. The van der Waals surface area contributed by atoms with Crippen molar-refractivity contribution in [3.63, 3.8) is 0 Å². The normalized spacial score (nSPS) is 12.7. The van der Waals surface area contributed by atoms with E-state index < -0.39 is 0 Å². The molecule has 36 heavy (non-hydrogen) atoms. The Hall–Kier alpha value is -3.06. The van der Waals surface area contributed by atoms with Gasteiger partial charge in [-0.25, -0.2) is 0 Å². The summed E-state index contributed by atoms with van der Waals surface area (Å²) in [5, 5.41) is 0. The monoisotopic (exact) mass is 477 g/mol. The Morgan fingerprint density at radius 3 is 1.14 bits per heavy atom. The lowest BCUT2D eigenvalue weighted by Gasteiger charge is -2.20. The molecule has 4 rings (SSSR count). The number of hydrogen-bond acceptors (Lipinski definition) is 0. The summed E-state index contributed by atoms with van der Waals surface area (Å²) in [5.74, 6) is 0. The van der Waals surface area contributed by atoms with Crippen LogP contribution in [0.1, 0.15) is 79.0 Å². The van der Waals surface area contributed by atoms with E-state index in [1.165, 1.54) is 50.3 Å². The predicted octanol–water partition coefficient (Wildman–Crippen LogP) is 9.92. The molecule has 0 aliphatic heterocycles. The molecule has 1 heteroatoms. The minimum Gasteiger partial charge on any atom is -0.343 e. The minimum atomic E-state index is 0.137. The largest absolute Gasteiger partial charge is 0.343 e. The molecule has 0 saturated heterocycles. The summed E-state index contributed by atoms with van der Waals surface area (Å²) < 4.78 is 2.37. The first-order chi connectivity index (χ1) is 16.7. The molecule has 0 fully saturated rings. The van der Waals surface area contributed by atoms with Crippen molar-refractivity contribution in [2.24, 2.45) is 7.05 Å². The number of rotatable bonds is 3. The van der Waals surface area contributed by atoms with Crippen LogP contribution in [-0.2, 0) is 23.3 Å². The van der Waals surface area contributed by atoms with Crippen molar-refractivity contribution in [2.45, 2.75) is 78.6 Å². The van der Waals surface area contributed by atoms with Gasteiger partial charge in [-0.05, 0) is 55.7 Å². The molecular weight excluding hydrogens is 434 g/mol. The van der Waals surface area contributed by atoms with E-state index in [4.69, 9.17) is 0 Å². The summed E-state index contributed by atoms with van der Waals surface area (Å²) in [5.41, 5.74) is 12.0. The Morgan fingerprint density at radius 1 is 0.444 bits per heavy atom. The van der Waals surface area contributed by atoms with Gasteiger partial charge in [0.1, 0.15) is 0 Å². The molecule has 0 bridgehead atoms. The zero-order valence-corrected chi connectivity index (χ0v) is 24.0. The average molecular weight is 478 g/mol. The molecule has 0 unspecified atom stereocenters. The Labute approximate surface area is 219 Å². The maximum Gasteiger partial charge on any atom is 0.0562 e. The maximum absolute atomic E-state index is 2.37. The van der Waals surface area contributed by atoms with Crippen molar-refractivity contribution in [3.8, 4) is 33.6 Å². The highest BCUT2D eigenvalue weighted by molar-refractivity contribution is 5.87. The topological polar surface area (TPSA) is 4.93 Å². The van der Waals surface area contributed by atoms with E-state index in [2.05, 4.69) is 153 Å². The van der Waals surface area contributed by atoms with Crippen LogP contribution in [-0.4, -0.2) is 4.57 Å². The molecule has 188 valence electrons. The van der Waals surface area contributed by atoms with Gasteiger partial charge in [0.25, 0.3) is 0 Å². The van der Waals surface area contributed by atoms with E-state index in [9.17, 15) is 0 Å². The van der Waals surface area contributed by atoms with Crippen LogP contribution in [0.25, 0.3) is 33.6 Å². The predicted molar refractivity (Wildman–Crippen MR) is 158 cm³/mol. The van der Waals surface area contributed by atoms with Gasteiger partial charge in [-0.1, -0.05) is 135 Å². The Balaban J connectivity index is 1.88. The average Bonchev–Trinajstić information content (AvgIpc) is 3.14. The maximum atomic E-state index is 2.37. The Kier molecular flexibility index (Phi) is 6.58. The third kappa shape index (κ3) is 5.21. The zero-order valence-electron chi connectivity index (χ0n) is 24.0. The number of aromatic nitrogens is 1. The SMILES string of the molecule is Cn1c(-c2ccc(C(C)(C)C)cc2)cc(-c2ccc(C(C)(C)C)cc2)c1-c1ccc(C(C)(C)C)cc1. The third-order valence-corrected chi connectivity index (χ3v) is 7.37. The highest BCUT2D eigenvalue weighted by Gasteiger charge is 2.21. The summed E-state index contributed by atoms with van der Waals surface area (Å²) in [6, 6.07) is 29.7. The van der Waals surface area contributed by atoms with Crippen LogP contribution in [0, 0.1) is 0 Å². The van der Waals surface area contributed by atoms with Crippen molar-refractivity contribution in [3.05, 3.63) is 95.6 Å². The molecule has 1 nitrogen and oxygen atoms in total. The highest BCUT2D eigenvalue weighted by Crippen LogP contribution is 2.40. The van der Waals surface area contributed by atoms with Crippen LogP contribution in [0.15, 0.2) is 78.9 Å². The van der Waals surface area contributed by atoms with Gasteiger partial charge in [0.15, 0.2) is 0 Å². The second-order valence-corrected chi connectivity index (χ2v) is 13.3. The van der Waals surface area contributed by atoms with Crippen molar-refractivity contribution in [1.82, 2.24) is 4.57 Å². The van der Waals surface area contributed by atoms with Crippen molar-refractivity contribution >= 4 is 0 Å². The Morgan fingerprint density at radius 2 is 0.778 bits per heavy atom. The van der Waals surface area contributed by atoms with Crippen LogP contribution >= 0.6 is 0 Å². The standard InChI is InChI=1S/C35H43N/c1-33(2,3)27-17-11-24(12-18-27)30-23-31(25-13-19-28(20-14-25)34(4,5)6)36(10)32(30)26-15-21-29(22-16-26)35(7,8)9/h11-23H,1-10H3. The van der Waals surface area contributed by atoms with E-state index in [1.54, 1.807) is 0 Å². The minimum absolute atomic E-state index is 0.137. The first-order valence-electron chi connectivity index (χ1n) is 13.2. The summed E-state index contributed by atoms with van der Waals surface area (Å²) in [7, 11) is 2.20. The summed E-state index contributed by atoms with van der Waals surface area (Å²) in [4.78, 5) is 0. The first-order valence-corrected chi connectivity index (χ1v) is 13.2. The molecule has 1 heterocycles. The summed E-state index contributed by atoms with van der Waals surface area (Å²) >= 11 is 0. The van der Waals surface area contributed by atoms with Crippen molar-refractivity contribution < 1.29 is 0 Å². The molecule has 0 amide bonds. The molecule has 1 aromatic heterocycles. The molecule has 3 aromatic carbocycles. The fourth-order valence-electron chi connectivity index (χ4n) is 4.87. The first kappa shape index (κ1) is 26.0. The smallest absolute Gasteiger partial charge is 0.0562 e. The van der Waals surface area contributed by atoms with Gasteiger partial charge in [-0.3, -0.25) is 0 Å². The van der Waals surface area contributed by atoms with Gasteiger partial charge in [0.2, 0.25) is 0 Å². The molecule has 0 radical (unpaired) electrons. The fraction of sp³-hybridized carbons (Fsp3) is 0.371. The molecule has 0 aliphatic rings.